The predicted molar refractivity (Wildman–Crippen MR) is 89.6 cm³/mol. The van der Waals surface area contributed by atoms with Crippen molar-refractivity contribution in [3.8, 4) is 32.7 Å². The van der Waals surface area contributed by atoms with Crippen LogP contribution in [-0.2, 0) is 0 Å². The zero-order chi connectivity index (χ0) is 16.4. The second kappa shape index (κ2) is 6.21. The van der Waals surface area contributed by atoms with Crippen molar-refractivity contribution in [2.45, 2.75) is 0 Å². The second-order valence-electron chi connectivity index (χ2n) is 4.87. The Morgan fingerprint density at radius 2 is 1.67 bits per heavy atom. The SMILES string of the molecule is Fc1ccncc1-c1ncc(-c2cccc(-c3ncccn3)n2)s1. The molecule has 4 aromatic heterocycles. The molecule has 0 atom stereocenters. The van der Waals surface area contributed by atoms with Crippen LogP contribution in [0.4, 0.5) is 4.39 Å². The summed E-state index contributed by atoms with van der Waals surface area (Å²) in [5.41, 5.74) is 1.81. The zero-order valence-corrected chi connectivity index (χ0v) is 13.1. The molecule has 0 bridgehead atoms. The van der Waals surface area contributed by atoms with Gasteiger partial charge in [0.25, 0.3) is 0 Å². The minimum Gasteiger partial charge on any atom is -0.264 e. The lowest BCUT2D eigenvalue weighted by atomic mass is 10.2. The molecule has 0 spiro atoms. The zero-order valence-electron chi connectivity index (χ0n) is 12.3. The van der Waals surface area contributed by atoms with Crippen LogP contribution in [0.1, 0.15) is 0 Å². The van der Waals surface area contributed by atoms with E-state index in [4.69, 9.17) is 0 Å². The standard InChI is InChI=1S/C17H10FN5S/c18-12-5-8-19-9-11(12)17-22-10-15(24-17)13-3-1-4-14(23-13)16-20-6-2-7-21-16/h1-10H. The molecule has 0 saturated heterocycles. The minimum absolute atomic E-state index is 0.342. The molecule has 0 amide bonds. The van der Waals surface area contributed by atoms with Crippen molar-refractivity contribution in [3.05, 3.63) is 67.1 Å². The number of halogens is 1. The molecule has 116 valence electrons. The van der Waals surface area contributed by atoms with Crippen LogP contribution in [0.15, 0.2) is 61.3 Å². The smallest absolute Gasteiger partial charge is 0.178 e. The third-order valence-electron chi connectivity index (χ3n) is 3.30. The van der Waals surface area contributed by atoms with Crippen molar-refractivity contribution in [2.24, 2.45) is 0 Å². The Balaban J connectivity index is 1.72. The summed E-state index contributed by atoms with van der Waals surface area (Å²) in [7, 11) is 0. The van der Waals surface area contributed by atoms with E-state index in [-0.39, 0.29) is 5.82 Å². The molecule has 5 nitrogen and oxygen atoms in total. The summed E-state index contributed by atoms with van der Waals surface area (Å²) in [5.74, 6) is 0.215. The Bertz CT molecular complexity index is 987. The van der Waals surface area contributed by atoms with Crippen LogP contribution in [0, 0.1) is 5.82 Å². The largest absolute Gasteiger partial charge is 0.264 e. The van der Waals surface area contributed by atoms with Gasteiger partial charge in [0.2, 0.25) is 0 Å². The number of thiazole rings is 1. The molecular formula is C17H10FN5S. The first kappa shape index (κ1) is 14.5. The molecule has 0 aliphatic carbocycles. The van der Waals surface area contributed by atoms with Crippen LogP contribution in [0.2, 0.25) is 0 Å². The summed E-state index contributed by atoms with van der Waals surface area (Å²) in [6.07, 6.45) is 7.92. The number of aromatic nitrogens is 5. The van der Waals surface area contributed by atoms with E-state index in [1.807, 2.05) is 18.2 Å². The quantitative estimate of drug-likeness (QED) is 0.569. The summed E-state index contributed by atoms with van der Waals surface area (Å²) >= 11 is 1.36. The lowest BCUT2D eigenvalue weighted by molar-refractivity contribution is 0.629. The molecule has 4 heterocycles. The Hall–Kier alpha value is -3.06. The number of hydrogen-bond donors (Lipinski definition) is 0. The molecule has 0 unspecified atom stereocenters. The maximum atomic E-state index is 13.9. The third kappa shape index (κ3) is 2.77. The molecular weight excluding hydrogens is 325 g/mol. The fourth-order valence-electron chi connectivity index (χ4n) is 2.18. The van der Waals surface area contributed by atoms with Crippen molar-refractivity contribution in [1.82, 2.24) is 24.9 Å². The lowest BCUT2D eigenvalue weighted by Gasteiger charge is -2.01. The number of hydrogen-bond acceptors (Lipinski definition) is 6. The Morgan fingerprint density at radius 1 is 0.833 bits per heavy atom. The molecule has 0 saturated carbocycles. The van der Waals surface area contributed by atoms with Crippen molar-refractivity contribution < 1.29 is 4.39 Å². The van der Waals surface area contributed by atoms with E-state index in [0.29, 0.717) is 22.1 Å². The topological polar surface area (TPSA) is 64.5 Å². The van der Waals surface area contributed by atoms with E-state index in [1.54, 1.807) is 24.7 Å². The monoisotopic (exact) mass is 335 g/mol. The highest BCUT2D eigenvalue weighted by atomic mass is 32.1. The van der Waals surface area contributed by atoms with E-state index in [9.17, 15) is 4.39 Å². The van der Waals surface area contributed by atoms with Gasteiger partial charge in [-0.1, -0.05) is 6.07 Å². The first-order valence-electron chi connectivity index (χ1n) is 7.12. The molecule has 7 heteroatoms. The third-order valence-corrected chi connectivity index (χ3v) is 4.35. The molecule has 4 aromatic rings. The summed E-state index contributed by atoms with van der Waals surface area (Å²) < 4.78 is 13.9. The van der Waals surface area contributed by atoms with Gasteiger partial charge in [-0.15, -0.1) is 11.3 Å². The molecule has 0 radical (unpaired) electrons. The maximum Gasteiger partial charge on any atom is 0.178 e. The average Bonchev–Trinajstić information content (AvgIpc) is 3.13. The summed E-state index contributed by atoms with van der Waals surface area (Å²) in [5, 5.41) is 0.568. The first-order chi connectivity index (χ1) is 11.8. The van der Waals surface area contributed by atoms with Gasteiger partial charge in [0.15, 0.2) is 5.82 Å². The van der Waals surface area contributed by atoms with Crippen LogP contribution in [0.3, 0.4) is 0 Å². The van der Waals surface area contributed by atoms with Gasteiger partial charge in [-0.05, 0) is 24.3 Å². The average molecular weight is 335 g/mol. The van der Waals surface area contributed by atoms with Gasteiger partial charge < -0.3 is 0 Å². The second-order valence-corrected chi connectivity index (χ2v) is 5.90. The number of rotatable bonds is 3. The summed E-state index contributed by atoms with van der Waals surface area (Å²) in [6, 6.07) is 8.69. The van der Waals surface area contributed by atoms with Crippen LogP contribution >= 0.6 is 11.3 Å². The molecule has 24 heavy (non-hydrogen) atoms. The Kier molecular flexibility index (Phi) is 3.76. The van der Waals surface area contributed by atoms with E-state index >= 15 is 0 Å². The van der Waals surface area contributed by atoms with Crippen molar-refractivity contribution in [2.75, 3.05) is 0 Å². The van der Waals surface area contributed by atoms with Crippen LogP contribution in [0.25, 0.3) is 32.7 Å². The van der Waals surface area contributed by atoms with Gasteiger partial charge in [0, 0.05) is 31.0 Å². The normalized spacial score (nSPS) is 10.7. The van der Waals surface area contributed by atoms with Crippen molar-refractivity contribution >= 4 is 11.3 Å². The maximum absolute atomic E-state index is 13.9. The van der Waals surface area contributed by atoms with Crippen LogP contribution < -0.4 is 0 Å². The molecule has 4 rings (SSSR count). The van der Waals surface area contributed by atoms with E-state index in [1.165, 1.54) is 29.8 Å². The molecule has 0 aliphatic heterocycles. The van der Waals surface area contributed by atoms with Gasteiger partial charge in [0.1, 0.15) is 16.5 Å². The van der Waals surface area contributed by atoms with Crippen LogP contribution in [-0.4, -0.2) is 24.9 Å². The van der Waals surface area contributed by atoms with Crippen molar-refractivity contribution in [3.63, 3.8) is 0 Å². The van der Waals surface area contributed by atoms with Gasteiger partial charge >= 0.3 is 0 Å². The minimum atomic E-state index is -0.342. The van der Waals surface area contributed by atoms with Gasteiger partial charge in [-0.2, -0.15) is 0 Å². The molecule has 0 aliphatic rings. The summed E-state index contributed by atoms with van der Waals surface area (Å²) in [4.78, 5) is 22.1. The highest BCUT2D eigenvalue weighted by Gasteiger charge is 2.12. The van der Waals surface area contributed by atoms with E-state index in [0.717, 1.165) is 10.6 Å². The molecule has 0 N–H and O–H groups in total. The highest BCUT2D eigenvalue weighted by molar-refractivity contribution is 7.18. The fourth-order valence-corrected chi connectivity index (χ4v) is 3.08. The van der Waals surface area contributed by atoms with E-state index < -0.39 is 0 Å². The molecule has 0 fully saturated rings. The van der Waals surface area contributed by atoms with Crippen LogP contribution in [0.5, 0.6) is 0 Å². The van der Waals surface area contributed by atoms with Gasteiger partial charge in [0.05, 0.1) is 16.1 Å². The number of nitrogens with zero attached hydrogens (tertiary/aromatic N) is 5. The van der Waals surface area contributed by atoms with Gasteiger partial charge in [-0.3, -0.25) is 4.98 Å². The highest BCUT2D eigenvalue weighted by Crippen LogP contribution is 2.32. The van der Waals surface area contributed by atoms with Crippen molar-refractivity contribution in [1.29, 1.82) is 0 Å². The predicted octanol–water partition coefficient (Wildman–Crippen LogP) is 3.86. The van der Waals surface area contributed by atoms with Gasteiger partial charge in [-0.25, -0.2) is 24.3 Å². The fraction of sp³-hybridized carbons (Fsp3) is 0. The summed E-state index contributed by atoms with van der Waals surface area (Å²) in [6.45, 7) is 0. The van der Waals surface area contributed by atoms with E-state index in [2.05, 4.69) is 24.9 Å². The lowest BCUT2D eigenvalue weighted by Crippen LogP contribution is -1.91. The Morgan fingerprint density at radius 3 is 2.50 bits per heavy atom. The number of pyridine rings is 2. The first-order valence-corrected chi connectivity index (χ1v) is 7.93. The Labute approximate surface area is 141 Å². The molecule has 0 aromatic carbocycles.